The Hall–Kier alpha value is -2.28. The Morgan fingerprint density at radius 1 is 1.16 bits per heavy atom. The van der Waals surface area contributed by atoms with E-state index in [9.17, 15) is 9.59 Å². The van der Waals surface area contributed by atoms with Crippen LogP contribution in [0.4, 0.5) is 0 Å². The monoisotopic (exact) mass is 363 g/mol. The third-order valence-electron chi connectivity index (χ3n) is 4.41. The molecule has 134 valence electrons. The maximum absolute atomic E-state index is 12.6. The van der Waals surface area contributed by atoms with E-state index in [0.717, 1.165) is 33.4 Å². The highest BCUT2D eigenvalue weighted by Gasteiger charge is 2.31. The number of carbonyl (C=O) groups excluding carboxylic acids is 2. The molecule has 3 rings (SSSR count). The first-order valence-corrected chi connectivity index (χ1v) is 8.94. The first kappa shape index (κ1) is 17.5. The Balaban J connectivity index is 1.74. The zero-order valence-electron chi connectivity index (χ0n) is 14.6. The molecule has 7 heteroatoms. The van der Waals surface area contributed by atoms with E-state index >= 15 is 0 Å². The highest BCUT2D eigenvalue weighted by Crippen LogP contribution is 2.42. The van der Waals surface area contributed by atoms with Crippen LogP contribution in [0.3, 0.4) is 0 Å². The minimum absolute atomic E-state index is 0.0622. The summed E-state index contributed by atoms with van der Waals surface area (Å²) in [5.74, 6) is 1.19. The molecule has 0 atom stereocenters. The van der Waals surface area contributed by atoms with Crippen LogP contribution in [-0.4, -0.2) is 44.7 Å². The smallest absolute Gasteiger partial charge is 0.305 e. The number of hydrogen-bond donors (Lipinski definition) is 0. The highest BCUT2D eigenvalue weighted by molar-refractivity contribution is 7.21. The van der Waals surface area contributed by atoms with Crippen molar-refractivity contribution in [2.75, 3.05) is 27.9 Å². The van der Waals surface area contributed by atoms with E-state index < -0.39 is 0 Å². The normalized spacial score (nSPS) is 13.2. The lowest BCUT2D eigenvalue weighted by Gasteiger charge is -2.15. The van der Waals surface area contributed by atoms with E-state index in [1.165, 1.54) is 18.4 Å². The summed E-state index contributed by atoms with van der Waals surface area (Å²) in [6.07, 6.45) is 1.89. The minimum atomic E-state index is -0.209. The van der Waals surface area contributed by atoms with Crippen molar-refractivity contribution in [3.8, 4) is 11.5 Å². The molecule has 0 spiro atoms. The molecule has 0 aliphatic carbocycles. The van der Waals surface area contributed by atoms with Crippen molar-refractivity contribution in [2.45, 2.75) is 25.8 Å². The number of methoxy groups -OCH3 is 3. The van der Waals surface area contributed by atoms with E-state index in [0.29, 0.717) is 31.0 Å². The molecule has 1 aliphatic rings. The van der Waals surface area contributed by atoms with Gasteiger partial charge < -0.3 is 19.1 Å². The van der Waals surface area contributed by atoms with Gasteiger partial charge in [0, 0.05) is 41.2 Å². The van der Waals surface area contributed by atoms with Gasteiger partial charge in [-0.1, -0.05) is 0 Å². The van der Waals surface area contributed by atoms with Gasteiger partial charge >= 0.3 is 5.97 Å². The lowest BCUT2D eigenvalue weighted by atomic mass is 10.1. The summed E-state index contributed by atoms with van der Waals surface area (Å²) in [5, 5.41) is 1.04. The number of rotatable bonds is 7. The minimum Gasteiger partial charge on any atom is -0.493 e. The number of carbonyl (C=O) groups is 2. The van der Waals surface area contributed by atoms with Gasteiger partial charge in [-0.15, -0.1) is 11.3 Å². The number of nitrogens with zero attached hydrogens (tertiary/aromatic N) is 1. The zero-order chi connectivity index (χ0) is 18.0. The zero-order valence-corrected chi connectivity index (χ0v) is 15.4. The van der Waals surface area contributed by atoms with Gasteiger partial charge in [0.15, 0.2) is 11.5 Å². The van der Waals surface area contributed by atoms with Crippen LogP contribution < -0.4 is 9.47 Å². The first-order valence-electron chi connectivity index (χ1n) is 8.12. The molecule has 0 fully saturated rings. The second-order valence-corrected chi connectivity index (χ2v) is 6.93. The van der Waals surface area contributed by atoms with Crippen LogP contribution in [0.15, 0.2) is 12.1 Å². The number of hydrogen-bond acceptors (Lipinski definition) is 6. The molecule has 2 heterocycles. The number of unbranched alkanes of at least 4 members (excludes halogenated alkanes) is 1. The number of ether oxygens (including phenoxy) is 3. The van der Waals surface area contributed by atoms with Crippen molar-refractivity contribution in [3.05, 3.63) is 22.6 Å². The molecule has 1 aliphatic heterocycles. The second-order valence-electron chi connectivity index (χ2n) is 5.87. The second kappa shape index (κ2) is 7.31. The Labute approximate surface area is 150 Å². The predicted octanol–water partition coefficient (Wildman–Crippen LogP) is 3.22. The van der Waals surface area contributed by atoms with Crippen molar-refractivity contribution < 1.29 is 23.8 Å². The van der Waals surface area contributed by atoms with Gasteiger partial charge in [0.05, 0.1) is 26.2 Å². The quantitative estimate of drug-likeness (QED) is 0.558. The molecule has 1 aromatic heterocycles. The van der Waals surface area contributed by atoms with Crippen LogP contribution in [0.25, 0.3) is 10.1 Å². The van der Waals surface area contributed by atoms with Crippen LogP contribution in [0.2, 0.25) is 0 Å². The van der Waals surface area contributed by atoms with Gasteiger partial charge in [-0.2, -0.15) is 0 Å². The third-order valence-corrected chi connectivity index (χ3v) is 5.60. The Morgan fingerprint density at radius 3 is 2.56 bits per heavy atom. The molecule has 0 saturated heterocycles. The molecule has 0 unspecified atom stereocenters. The van der Waals surface area contributed by atoms with Gasteiger partial charge in [-0.3, -0.25) is 9.59 Å². The van der Waals surface area contributed by atoms with E-state index in [-0.39, 0.29) is 11.9 Å². The van der Waals surface area contributed by atoms with Crippen molar-refractivity contribution in [3.63, 3.8) is 0 Å². The molecular weight excluding hydrogens is 342 g/mol. The number of benzene rings is 1. The van der Waals surface area contributed by atoms with Crippen molar-refractivity contribution >= 4 is 33.3 Å². The molecule has 0 bridgehead atoms. The molecule has 2 aromatic rings. The fraction of sp³-hybridized carbons (Fsp3) is 0.444. The average Bonchev–Trinajstić information content (AvgIpc) is 3.13. The van der Waals surface area contributed by atoms with Crippen LogP contribution in [0.1, 0.15) is 34.5 Å². The van der Waals surface area contributed by atoms with E-state index in [2.05, 4.69) is 4.74 Å². The largest absolute Gasteiger partial charge is 0.493 e. The summed E-state index contributed by atoms with van der Waals surface area (Å²) < 4.78 is 16.4. The summed E-state index contributed by atoms with van der Waals surface area (Å²) in [6.45, 7) is 1.24. The number of amides is 1. The Kier molecular flexibility index (Phi) is 5.13. The molecule has 0 N–H and O–H groups in total. The summed E-state index contributed by atoms with van der Waals surface area (Å²) >= 11 is 1.49. The number of esters is 1. The maximum Gasteiger partial charge on any atom is 0.305 e. The number of thiophene rings is 1. The number of fused-ring (bicyclic) bond motifs is 3. The van der Waals surface area contributed by atoms with Crippen LogP contribution in [0.5, 0.6) is 11.5 Å². The predicted molar refractivity (Wildman–Crippen MR) is 95.5 cm³/mol. The maximum atomic E-state index is 12.6. The van der Waals surface area contributed by atoms with Crippen LogP contribution >= 0.6 is 11.3 Å². The summed E-state index contributed by atoms with van der Waals surface area (Å²) in [4.78, 5) is 26.4. The molecule has 6 nitrogen and oxygen atoms in total. The topological polar surface area (TPSA) is 65.1 Å². The molecule has 0 saturated carbocycles. The van der Waals surface area contributed by atoms with Gasteiger partial charge in [-0.05, 0) is 18.9 Å². The van der Waals surface area contributed by atoms with Gasteiger partial charge in [0.2, 0.25) is 0 Å². The summed E-state index contributed by atoms with van der Waals surface area (Å²) in [6, 6.07) is 3.86. The molecule has 25 heavy (non-hydrogen) atoms. The highest BCUT2D eigenvalue weighted by atomic mass is 32.1. The van der Waals surface area contributed by atoms with E-state index in [1.807, 2.05) is 17.0 Å². The fourth-order valence-electron chi connectivity index (χ4n) is 3.07. The lowest BCUT2D eigenvalue weighted by molar-refractivity contribution is -0.140. The Bertz CT molecular complexity index is 813. The van der Waals surface area contributed by atoms with Crippen molar-refractivity contribution in [2.24, 2.45) is 0 Å². The lowest BCUT2D eigenvalue weighted by Crippen LogP contribution is -2.25. The van der Waals surface area contributed by atoms with Crippen LogP contribution in [-0.2, 0) is 16.1 Å². The fourth-order valence-corrected chi connectivity index (χ4v) is 4.26. The standard InChI is InChI=1S/C18H21NO5S/c1-22-13-8-11-12-10-19(7-5-4-6-16(20)24-3)18(21)17(12)25-15(11)9-14(13)23-2/h8-9H,4-7,10H2,1-3H3. The first-order chi connectivity index (χ1) is 12.1. The average molecular weight is 363 g/mol. The Morgan fingerprint density at radius 2 is 1.88 bits per heavy atom. The summed E-state index contributed by atoms with van der Waals surface area (Å²) in [5.41, 5.74) is 1.05. The van der Waals surface area contributed by atoms with Crippen LogP contribution in [0, 0.1) is 0 Å². The van der Waals surface area contributed by atoms with Crippen molar-refractivity contribution in [1.82, 2.24) is 4.90 Å². The molecule has 1 amide bonds. The third kappa shape index (κ3) is 3.28. The van der Waals surface area contributed by atoms with E-state index in [4.69, 9.17) is 9.47 Å². The van der Waals surface area contributed by atoms with Gasteiger partial charge in [-0.25, -0.2) is 0 Å². The molecular formula is C18H21NO5S. The van der Waals surface area contributed by atoms with Crippen molar-refractivity contribution in [1.29, 1.82) is 0 Å². The summed E-state index contributed by atoms with van der Waals surface area (Å²) in [7, 11) is 4.60. The van der Waals surface area contributed by atoms with E-state index in [1.54, 1.807) is 14.2 Å². The molecule has 1 aromatic carbocycles. The molecule has 0 radical (unpaired) electrons. The van der Waals surface area contributed by atoms with Gasteiger partial charge in [0.25, 0.3) is 5.91 Å². The van der Waals surface area contributed by atoms with Gasteiger partial charge in [0.1, 0.15) is 0 Å². The SMILES string of the molecule is COC(=O)CCCCN1Cc2c(sc3cc(OC)c(OC)cc23)C1=O.